The molecule has 9 heteroatoms. The second-order valence-electron chi connectivity index (χ2n) is 8.31. The minimum Gasteiger partial charge on any atom is -0.364 e. The highest BCUT2D eigenvalue weighted by atomic mass is 16.6. The zero-order chi connectivity index (χ0) is 22.8. The van der Waals surface area contributed by atoms with Crippen molar-refractivity contribution in [1.82, 2.24) is 15.3 Å². The molecule has 2 aliphatic heterocycles. The number of anilines is 2. The van der Waals surface area contributed by atoms with Crippen LogP contribution in [0.2, 0.25) is 0 Å². The van der Waals surface area contributed by atoms with Crippen LogP contribution < -0.4 is 15.1 Å². The van der Waals surface area contributed by atoms with Crippen LogP contribution in [0.25, 0.3) is 0 Å². The number of nitro groups is 1. The molecular formula is C24H24N6O3. The maximum absolute atomic E-state index is 13.4. The number of hydrogen-bond donors (Lipinski definition) is 1. The molecule has 2 aromatic heterocycles. The van der Waals surface area contributed by atoms with Gasteiger partial charge < -0.3 is 15.1 Å². The molecule has 0 saturated carbocycles. The third-order valence-electron chi connectivity index (χ3n) is 6.39. The summed E-state index contributed by atoms with van der Waals surface area (Å²) in [7, 11) is 0. The van der Waals surface area contributed by atoms with Crippen LogP contribution in [0.3, 0.4) is 0 Å². The number of carbonyl (C=O) groups excluding carboxylic acids is 1. The standard InChI is InChI=1S/C24H24N6O3/c31-24(27-15-18-5-1-3-9-25-18)20-14-17-13-19(30(32)33)7-8-21(17)29-12-11-28(16-22(20)29)23-6-2-4-10-26-23/h1-10,13,20,22H,11-12,14-16H2,(H,27,31). The highest BCUT2D eigenvalue weighted by Crippen LogP contribution is 2.38. The predicted molar refractivity (Wildman–Crippen MR) is 124 cm³/mol. The number of pyridine rings is 2. The van der Waals surface area contributed by atoms with Gasteiger partial charge in [0.25, 0.3) is 5.69 Å². The van der Waals surface area contributed by atoms with Crippen LogP contribution in [0.1, 0.15) is 11.3 Å². The first-order valence-electron chi connectivity index (χ1n) is 11.0. The first-order valence-corrected chi connectivity index (χ1v) is 11.0. The minimum atomic E-state index is -0.387. The maximum Gasteiger partial charge on any atom is 0.269 e. The van der Waals surface area contributed by atoms with Crippen molar-refractivity contribution in [1.29, 1.82) is 0 Å². The second-order valence-corrected chi connectivity index (χ2v) is 8.31. The molecule has 2 aliphatic rings. The summed E-state index contributed by atoms with van der Waals surface area (Å²) in [5, 5.41) is 14.4. The number of carbonyl (C=O) groups is 1. The number of rotatable bonds is 5. The molecule has 4 heterocycles. The van der Waals surface area contributed by atoms with E-state index in [1.807, 2.05) is 42.5 Å². The van der Waals surface area contributed by atoms with Crippen LogP contribution in [0.4, 0.5) is 17.2 Å². The molecule has 5 rings (SSSR count). The lowest BCUT2D eigenvalue weighted by Gasteiger charge is -2.49. The molecule has 1 amide bonds. The van der Waals surface area contributed by atoms with Crippen LogP contribution in [0.15, 0.2) is 67.0 Å². The Balaban J connectivity index is 1.43. The van der Waals surface area contributed by atoms with Gasteiger partial charge in [0, 0.05) is 49.8 Å². The van der Waals surface area contributed by atoms with Crippen molar-refractivity contribution in [2.75, 3.05) is 29.4 Å². The normalized spacial score (nSPS) is 19.4. The topological polar surface area (TPSA) is 104 Å². The van der Waals surface area contributed by atoms with Gasteiger partial charge in [-0.3, -0.25) is 19.9 Å². The Morgan fingerprint density at radius 1 is 1.09 bits per heavy atom. The lowest BCUT2D eigenvalue weighted by atomic mass is 9.83. The number of nitrogens with one attached hydrogen (secondary N) is 1. The lowest BCUT2D eigenvalue weighted by Crippen LogP contribution is -2.61. The summed E-state index contributed by atoms with van der Waals surface area (Å²) in [6.45, 7) is 2.45. The van der Waals surface area contributed by atoms with Gasteiger partial charge in [-0.2, -0.15) is 0 Å². The van der Waals surface area contributed by atoms with Crippen LogP contribution in [0.5, 0.6) is 0 Å². The summed E-state index contributed by atoms with van der Waals surface area (Å²) < 4.78 is 0. The average Bonchev–Trinajstić information content (AvgIpc) is 2.87. The van der Waals surface area contributed by atoms with Gasteiger partial charge >= 0.3 is 0 Å². The third-order valence-corrected chi connectivity index (χ3v) is 6.39. The number of nitrogens with zero attached hydrogens (tertiary/aromatic N) is 5. The molecule has 3 aromatic rings. The molecule has 1 saturated heterocycles. The van der Waals surface area contributed by atoms with E-state index < -0.39 is 0 Å². The van der Waals surface area contributed by atoms with Gasteiger partial charge in [-0.05, 0) is 42.3 Å². The number of aromatic nitrogens is 2. The van der Waals surface area contributed by atoms with Crippen molar-refractivity contribution in [2.45, 2.75) is 19.0 Å². The molecule has 168 valence electrons. The summed E-state index contributed by atoms with van der Waals surface area (Å²) >= 11 is 0. The maximum atomic E-state index is 13.4. The largest absolute Gasteiger partial charge is 0.364 e. The third kappa shape index (κ3) is 4.21. The van der Waals surface area contributed by atoms with Gasteiger partial charge in [0.15, 0.2) is 0 Å². The molecule has 1 aromatic carbocycles. The van der Waals surface area contributed by atoms with Crippen molar-refractivity contribution >= 4 is 23.1 Å². The fourth-order valence-corrected chi connectivity index (χ4v) is 4.78. The van der Waals surface area contributed by atoms with Gasteiger partial charge in [-0.25, -0.2) is 4.98 Å². The fourth-order valence-electron chi connectivity index (χ4n) is 4.78. The van der Waals surface area contributed by atoms with Crippen molar-refractivity contribution in [2.24, 2.45) is 5.92 Å². The van der Waals surface area contributed by atoms with E-state index in [1.165, 1.54) is 0 Å². The Bertz CT molecular complexity index is 1160. The van der Waals surface area contributed by atoms with E-state index in [2.05, 4.69) is 25.1 Å². The fraction of sp³-hybridized carbons (Fsp3) is 0.292. The van der Waals surface area contributed by atoms with E-state index in [-0.39, 0.29) is 28.5 Å². The Kier molecular flexibility index (Phi) is 5.60. The number of fused-ring (bicyclic) bond motifs is 3. The Hall–Kier alpha value is -4.01. The summed E-state index contributed by atoms with van der Waals surface area (Å²) in [5.41, 5.74) is 2.64. The van der Waals surface area contributed by atoms with Crippen LogP contribution in [-0.2, 0) is 17.8 Å². The molecule has 9 nitrogen and oxygen atoms in total. The smallest absolute Gasteiger partial charge is 0.269 e. The highest BCUT2D eigenvalue weighted by Gasteiger charge is 2.42. The van der Waals surface area contributed by atoms with E-state index in [4.69, 9.17) is 0 Å². The van der Waals surface area contributed by atoms with E-state index in [9.17, 15) is 14.9 Å². The highest BCUT2D eigenvalue weighted by molar-refractivity contribution is 5.82. The number of non-ortho nitro benzene ring substituents is 1. The quantitative estimate of drug-likeness (QED) is 0.476. The molecule has 33 heavy (non-hydrogen) atoms. The monoisotopic (exact) mass is 444 g/mol. The molecule has 0 bridgehead atoms. The minimum absolute atomic E-state index is 0.0481. The molecule has 0 spiro atoms. The molecule has 1 fully saturated rings. The molecule has 0 aliphatic carbocycles. The average molecular weight is 444 g/mol. The first kappa shape index (κ1) is 20.9. The zero-order valence-corrected chi connectivity index (χ0v) is 18.0. The summed E-state index contributed by atoms with van der Waals surface area (Å²) in [6, 6.07) is 16.3. The Morgan fingerprint density at radius 3 is 2.64 bits per heavy atom. The number of nitro benzene ring substituents is 1. The van der Waals surface area contributed by atoms with Crippen LogP contribution in [0, 0.1) is 16.0 Å². The van der Waals surface area contributed by atoms with Gasteiger partial charge in [0.2, 0.25) is 5.91 Å². The summed E-state index contributed by atoms with van der Waals surface area (Å²) in [6.07, 6.45) is 3.92. The Morgan fingerprint density at radius 2 is 1.91 bits per heavy atom. The lowest BCUT2D eigenvalue weighted by molar-refractivity contribution is -0.384. The number of amides is 1. The number of piperazine rings is 1. The number of benzene rings is 1. The van der Waals surface area contributed by atoms with E-state index in [0.717, 1.165) is 29.3 Å². The van der Waals surface area contributed by atoms with Gasteiger partial charge in [0.05, 0.1) is 29.1 Å². The van der Waals surface area contributed by atoms with Crippen molar-refractivity contribution in [3.8, 4) is 0 Å². The SMILES string of the molecule is O=C(NCc1ccccn1)C1Cc2cc([N+](=O)[O-])ccc2N2CCN(c3ccccn3)CC12. The van der Waals surface area contributed by atoms with Crippen molar-refractivity contribution in [3.05, 3.63) is 88.4 Å². The number of hydrogen-bond acceptors (Lipinski definition) is 7. The summed E-state index contributed by atoms with van der Waals surface area (Å²) in [5.74, 6) is 0.463. The predicted octanol–water partition coefficient (Wildman–Crippen LogP) is 2.57. The zero-order valence-electron chi connectivity index (χ0n) is 18.0. The first-order chi connectivity index (χ1) is 16.1. The molecule has 2 unspecified atom stereocenters. The van der Waals surface area contributed by atoms with Gasteiger partial charge in [-0.1, -0.05) is 12.1 Å². The van der Waals surface area contributed by atoms with Gasteiger partial charge in [0.1, 0.15) is 5.82 Å². The van der Waals surface area contributed by atoms with Crippen molar-refractivity contribution in [3.63, 3.8) is 0 Å². The second kappa shape index (κ2) is 8.85. The molecule has 0 radical (unpaired) electrons. The molecular weight excluding hydrogens is 420 g/mol. The van der Waals surface area contributed by atoms with Crippen LogP contribution >= 0.6 is 0 Å². The van der Waals surface area contributed by atoms with Crippen LogP contribution in [-0.4, -0.2) is 46.5 Å². The van der Waals surface area contributed by atoms with Crippen molar-refractivity contribution < 1.29 is 9.72 Å². The summed E-state index contributed by atoms with van der Waals surface area (Å²) in [4.78, 5) is 37.5. The van der Waals surface area contributed by atoms with E-state index in [1.54, 1.807) is 24.5 Å². The van der Waals surface area contributed by atoms with E-state index in [0.29, 0.717) is 26.1 Å². The van der Waals surface area contributed by atoms with E-state index >= 15 is 0 Å². The van der Waals surface area contributed by atoms with Gasteiger partial charge in [-0.15, -0.1) is 0 Å². The molecule has 2 atom stereocenters. The Labute approximate surface area is 191 Å². The molecule has 1 N–H and O–H groups in total.